The summed E-state index contributed by atoms with van der Waals surface area (Å²) in [5.41, 5.74) is 2.66. The first-order valence-corrected chi connectivity index (χ1v) is 11.1. The molecular weight excluding hydrogens is 405 g/mol. The van der Waals surface area contributed by atoms with Crippen LogP contribution in [0.3, 0.4) is 0 Å². The average molecular weight is 432 g/mol. The molecule has 0 saturated carbocycles. The molecule has 1 fully saturated rings. The summed E-state index contributed by atoms with van der Waals surface area (Å²) in [5.74, 6) is -0.702. The van der Waals surface area contributed by atoms with Gasteiger partial charge in [0.15, 0.2) is 0 Å². The minimum Gasteiger partial charge on any atom is -0.465 e. The molecule has 4 rings (SSSR count). The molecule has 0 bridgehead atoms. The van der Waals surface area contributed by atoms with Gasteiger partial charge in [-0.15, -0.1) is 11.3 Å². The van der Waals surface area contributed by atoms with E-state index in [2.05, 4.69) is 15.1 Å². The number of halogens is 1. The van der Waals surface area contributed by atoms with Crippen LogP contribution < -0.4 is 5.32 Å². The smallest absolute Gasteiger partial charge is 0.341 e. The average Bonchev–Trinajstić information content (AvgIpc) is 3.31. The van der Waals surface area contributed by atoms with E-state index in [1.165, 1.54) is 35.5 Å². The Morgan fingerprint density at radius 1 is 1.10 bits per heavy atom. The number of rotatable bonds is 6. The van der Waals surface area contributed by atoms with Gasteiger partial charge in [0.2, 0.25) is 5.91 Å². The number of carbonyl (C=O) groups is 2. The molecule has 1 aromatic carbocycles. The van der Waals surface area contributed by atoms with Gasteiger partial charge in [0, 0.05) is 37.6 Å². The van der Waals surface area contributed by atoms with E-state index in [9.17, 15) is 14.0 Å². The van der Waals surface area contributed by atoms with Gasteiger partial charge in [-0.3, -0.25) is 14.6 Å². The lowest BCUT2D eigenvalue weighted by Gasteiger charge is -2.34. The molecular formula is C22H26FN3O3S. The van der Waals surface area contributed by atoms with Crippen molar-refractivity contribution in [1.82, 2.24) is 9.80 Å². The van der Waals surface area contributed by atoms with Gasteiger partial charge in [-0.25, -0.2) is 9.18 Å². The molecule has 30 heavy (non-hydrogen) atoms. The van der Waals surface area contributed by atoms with Crippen LogP contribution in [0.15, 0.2) is 24.3 Å². The number of hydrogen-bond donors (Lipinski definition) is 1. The first kappa shape index (κ1) is 21.0. The Labute approximate surface area is 179 Å². The van der Waals surface area contributed by atoms with E-state index < -0.39 is 0 Å². The summed E-state index contributed by atoms with van der Waals surface area (Å²) >= 11 is 1.50. The van der Waals surface area contributed by atoms with Crippen LogP contribution in [0.5, 0.6) is 0 Å². The summed E-state index contributed by atoms with van der Waals surface area (Å²) in [7, 11) is 1.37. The van der Waals surface area contributed by atoms with E-state index in [4.69, 9.17) is 4.74 Å². The number of ether oxygens (including phenoxy) is 1. The van der Waals surface area contributed by atoms with Gasteiger partial charge in [-0.05, 0) is 42.5 Å². The van der Waals surface area contributed by atoms with E-state index in [1.807, 2.05) is 12.1 Å². The number of nitrogens with zero attached hydrogens (tertiary/aromatic N) is 2. The molecule has 2 aromatic rings. The molecule has 1 aromatic heterocycles. The SMILES string of the molecule is COC(=O)c1c(NC(=O)CN2CCN(Cc3ccc(F)cc3)CC2)sc2c1CCC2. The van der Waals surface area contributed by atoms with Gasteiger partial charge in [-0.1, -0.05) is 12.1 Å². The quantitative estimate of drug-likeness (QED) is 0.713. The van der Waals surface area contributed by atoms with Crippen LogP contribution >= 0.6 is 11.3 Å². The Morgan fingerprint density at radius 2 is 1.80 bits per heavy atom. The minimum atomic E-state index is -0.376. The lowest BCUT2D eigenvalue weighted by molar-refractivity contribution is -0.117. The molecule has 1 amide bonds. The second kappa shape index (κ2) is 9.24. The summed E-state index contributed by atoms with van der Waals surface area (Å²) in [6.07, 6.45) is 2.86. The van der Waals surface area contributed by atoms with Crippen molar-refractivity contribution in [2.75, 3.05) is 45.2 Å². The lowest BCUT2D eigenvalue weighted by atomic mass is 10.1. The van der Waals surface area contributed by atoms with Crippen molar-refractivity contribution in [2.45, 2.75) is 25.8 Å². The summed E-state index contributed by atoms with van der Waals surface area (Å²) in [6, 6.07) is 6.59. The number of hydrogen-bond acceptors (Lipinski definition) is 6. The number of anilines is 1. The van der Waals surface area contributed by atoms with E-state index in [1.54, 1.807) is 0 Å². The molecule has 1 aliphatic carbocycles. The number of piperazine rings is 1. The van der Waals surface area contributed by atoms with Crippen LogP contribution in [0.25, 0.3) is 0 Å². The van der Waals surface area contributed by atoms with Crippen LogP contribution in [0.4, 0.5) is 9.39 Å². The number of aryl methyl sites for hydroxylation is 1. The number of carbonyl (C=O) groups excluding carboxylic acids is 2. The van der Waals surface area contributed by atoms with Crippen molar-refractivity contribution >= 4 is 28.2 Å². The van der Waals surface area contributed by atoms with Gasteiger partial charge in [0.25, 0.3) is 0 Å². The number of benzene rings is 1. The fourth-order valence-electron chi connectivity index (χ4n) is 4.13. The number of nitrogens with one attached hydrogen (secondary N) is 1. The molecule has 0 spiro atoms. The van der Waals surface area contributed by atoms with Crippen molar-refractivity contribution in [2.24, 2.45) is 0 Å². The van der Waals surface area contributed by atoms with Crippen molar-refractivity contribution < 1.29 is 18.7 Å². The van der Waals surface area contributed by atoms with Gasteiger partial charge in [-0.2, -0.15) is 0 Å². The number of fused-ring (bicyclic) bond motifs is 1. The maximum absolute atomic E-state index is 13.0. The third kappa shape index (κ3) is 4.71. The molecule has 1 aliphatic heterocycles. The zero-order valence-corrected chi connectivity index (χ0v) is 17.9. The first-order chi connectivity index (χ1) is 14.5. The molecule has 0 unspecified atom stereocenters. The molecule has 1 N–H and O–H groups in total. The Morgan fingerprint density at radius 3 is 2.50 bits per heavy atom. The largest absolute Gasteiger partial charge is 0.465 e. The van der Waals surface area contributed by atoms with Crippen LogP contribution in [-0.4, -0.2) is 61.5 Å². The van der Waals surface area contributed by atoms with Crippen molar-refractivity contribution in [1.29, 1.82) is 0 Å². The highest BCUT2D eigenvalue weighted by atomic mass is 32.1. The van der Waals surface area contributed by atoms with E-state index in [-0.39, 0.29) is 17.7 Å². The molecule has 2 heterocycles. The van der Waals surface area contributed by atoms with Crippen molar-refractivity contribution in [3.63, 3.8) is 0 Å². The zero-order valence-electron chi connectivity index (χ0n) is 17.1. The zero-order chi connectivity index (χ0) is 21.1. The van der Waals surface area contributed by atoms with Gasteiger partial charge in [0.05, 0.1) is 19.2 Å². The van der Waals surface area contributed by atoms with Crippen LogP contribution in [0.2, 0.25) is 0 Å². The second-order valence-electron chi connectivity index (χ2n) is 7.78. The maximum atomic E-state index is 13.0. The lowest BCUT2D eigenvalue weighted by Crippen LogP contribution is -2.48. The van der Waals surface area contributed by atoms with Gasteiger partial charge in [0.1, 0.15) is 10.8 Å². The summed E-state index contributed by atoms with van der Waals surface area (Å²) < 4.78 is 18.0. The number of esters is 1. The Balaban J connectivity index is 1.29. The monoisotopic (exact) mass is 431 g/mol. The predicted octanol–water partition coefficient (Wildman–Crippen LogP) is 2.92. The third-order valence-electron chi connectivity index (χ3n) is 5.72. The minimum absolute atomic E-state index is 0.105. The fraction of sp³-hybridized carbons (Fsp3) is 0.455. The Kier molecular flexibility index (Phi) is 6.46. The van der Waals surface area contributed by atoms with Gasteiger partial charge < -0.3 is 10.1 Å². The van der Waals surface area contributed by atoms with Crippen LogP contribution in [0, 0.1) is 5.82 Å². The second-order valence-corrected chi connectivity index (χ2v) is 8.89. The standard InChI is InChI=1S/C22H26FN3O3S/c1-29-22(28)20-17-3-2-4-18(17)30-21(20)24-19(27)14-26-11-9-25(10-12-26)13-15-5-7-16(23)8-6-15/h5-8H,2-4,9-14H2,1H3,(H,24,27). The van der Waals surface area contributed by atoms with Crippen molar-refractivity contribution in [3.8, 4) is 0 Å². The summed E-state index contributed by atoms with van der Waals surface area (Å²) in [4.78, 5) is 30.5. The predicted molar refractivity (Wildman–Crippen MR) is 114 cm³/mol. The topological polar surface area (TPSA) is 61.9 Å². The molecule has 0 radical (unpaired) electrons. The highest BCUT2D eigenvalue weighted by molar-refractivity contribution is 7.17. The van der Waals surface area contributed by atoms with E-state index in [0.29, 0.717) is 17.1 Å². The highest BCUT2D eigenvalue weighted by Crippen LogP contribution is 2.39. The fourth-order valence-corrected chi connectivity index (χ4v) is 5.43. The molecule has 6 nitrogen and oxygen atoms in total. The number of methoxy groups -OCH3 is 1. The Hall–Kier alpha value is -2.29. The molecule has 160 valence electrons. The number of thiophene rings is 1. The highest BCUT2D eigenvalue weighted by Gasteiger charge is 2.28. The molecule has 8 heteroatoms. The van der Waals surface area contributed by atoms with Crippen LogP contribution in [-0.2, 0) is 28.9 Å². The summed E-state index contributed by atoms with van der Waals surface area (Å²) in [5, 5.41) is 3.56. The third-order valence-corrected chi connectivity index (χ3v) is 6.92. The maximum Gasteiger partial charge on any atom is 0.341 e. The number of amides is 1. The molecule has 0 atom stereocenters. The molecule has 1 saturated heterocycles. The molecule has 2 aliphatic rings. The van der Waals surface area contributed by atoms with Crippen molar-refractivity contribution in [3.05, 3.63) is 51.7 Å². The van der Waals surface area contributed by atoms with Crippen LogP contribution in [0.1, 0.15) is 32.8 Å². The van der Waals surface area contributed by atoms with E-state index >= 15 is 0 Å². The summed E-state index contributed by atoms with van der Waals surface area (Å²) in [6.45, 7) is 4.37. The Bertz CT molecular complexity index is 920. The van der Waals surface area contributed by atoms with Gasteiger partial charge >= 0.3 is 5.97 Å². The normalized spacial score (nSPS) is 17.0. The van der Waals surface area contributed by atoms with E-state index in [0.717, 1.165) is 63.1 Å². The first-order valence-electron chi connectivity index (χ1n) is 10.3.